The Morgan fingerprint density at radius 3 is 1.98 bits per heavy atom. The van der Waals surface area contributed by atoms with E-state index in [1.165, 1.54) is 41.8 Å². The van der Waals surface area contributed by atoms with Crippen LogP contribution in [0.15, 0.2) is 140 Å². The highest BCUT2D eigenvalue weighted by Crippen LogP contribution is 2.46. The largest absolute Gasteiger partial charge is 0.290 e. The van der Waals surface area contributed by atoms with Gasteiger partial charge < -0.3 is 0 Å². The summed E-state index contributed by atoms with van der Waals surface area (Å²) < 4.78 is 7.14. The zero-order chi connectivity index (χ0) is 30.6. The van der Waals surface area contributed by atoms with Gasteiger partial charge in [-0.15, -0.1) is 11.3 Å². The molecule has 0 aliphatic carbocycles. The van der Waals surface area contributed by atoms with E-state index in [1.54, 1.807) is 0 Å². The first-order valence-electron chi connectivity index (χ1n) is 15.7. The molecule has 0 atom stereocenters. The van der Waals surface area contributed by atoms with Crippen molar-refractivity contribution in [3.8, 4) is 17.2 Å². The van der Waals surface area contributed by atoms with Crippen molar-refractivity contribution in [3.63, 3.8) is 0 Å². The van der Waals surface area contributed by atoms with E-state index in [4.69, 9.17) is 15.0 Å². The predicted molar refractivity (Wildman–Crippen MR) is 196 cm³/mol. The third-order valence-electron chi connectivity index (χ3n) is 9.50. The van der Waals surface area contributed by atoms with Crippen molar-refractivity contribution in [2.75, 3.05) is 0 Å². The first-order valence-corrected chi connectivity index (χ1v) is 16.5. The van der Waals surface area contributed by atoms with Crippen molar-refractivity contribution in [2.45, 2.75) is 0 Å². The molecule has 0 saturated heterocycles. The Hall–Kier alpha value is -6.11. The molecule has 0 saturated carbocycles. The van der Waals surface area contributed by atoms with Gasteiger partial charge in [-0.25, -0.2) is 15.0 Å². The molecule has 0 aliphatic rings. The first kappa shape index (κ1) is 25.1. The Kier molecular flexibility index (Phi) is 4.93. The van der Waals surface area contributed by atoms with Crippen LogP contribution in [-0.2, 0) is 0 Å². The fourth-order valence-corrected chi connectivity index (χ4v) is 8.88. The number of para-hydroxylation sites is 4. The van der Waals surface area contributed by atoms with Crippen LogP contribution in [0.1, 0.15) is 0 Å². The summed E-state index contributed by atoms with van der Waals surface area (Å²) in [5, 5.41) is 7.07. The maximum Gasteiger partial charge on any atom is 0.235 e. The Balaban J connectivity index is 1.31. The molecule has 0 fully saturated rings. The molecule has 6 aromatic carbocycles. The quantitative estimate of drug-likeness (QED) is 0.194. The van der Waals surface area contributed by atoms with E-state index in [9.17, 15) is 0 Å². The van der Waals surface area contributed by atoms with Gasteiger partial charge in [-0.3, -0.25) is 8.97 Å². The Labute approximate surface area is 271 Å². The van der Waals surface area contributed by atoms with Crippen LogP contribution in [0.25, 0.3) is 97.7 Å². The highest BCUT2D eigenvalue weighted by atomic mass is 32.1. The van der Waals surface area contributed by atoms with E-state index < -0.39 is 0 Å². The van der Waals surface area contributed by atoms with Crippen molar-refractivity contribution in [1.29, 1.82) is 0 Å². The maximum atomic E-state index is 5.29. The van der Waals surface area contributed by atoms with E-state index >= 15 is 0 Å². The number of thiophene rings is 1. The number of imidazole rings is 1. The Morgan fingerprint density at radius 2 is 1.13 bits per heavy atom. The lowest BCUT2D eigenvalue weighted by molar-refractivity contribution is 1.01. The second kappa shape index (κ2) is 9.22. The van der Waals surface area contributed by atoms with Gasteiger partial charge in [0.25, 0.3) is 0 Å². The second-order valence-electron chi connectivity index (χ2n) is 12.0. The standard InChI is InChI=1S/C41H23N5S/c1-2-12-24(13-3-1)36-27-16-6-8-18-30(27)43-41(44-36)45-32-20-10-7-17-28(32)35-34(45)23-22-29-37-39(47-38(29)35)25-14-4-5-15-26(25)40-42-31-19-9-11-21-33(31)46(37)40/h1-23H. The van der Waals surface area contributed by atoms with Gasteiger partial charge in [-0.1, -0.05) is 103 Å². The smallest absolute Gasteiger partial charge is 0.235 e. The molecule has 0 amide bonds. The molecule has 0 spiro atoms. The number of pyridine rings is 1. The average Bonchev–Trinajstić information content (AvgIpc) is 3.81. The molecular weight excluding hydrogens is 595 g/mol. The van der Waals surface area contributed by atoms with Crippen molar-refractivity contribution in [2.24, 2.45) is 0 Å². The lowest BCUT2D eigenvalue weighted by Gasteiger charge is -2.11. The molecular formula is C41H23N5S. The molecule has 0 bridgehead atoms. The summed E-state index contributed by atoms with van der Waals surface area (Å²) in [6.45, 7) is 0. The third kappa shape index (κ3) is 3.34. The maximum absolute atomic E-state index is 5.29. The molecule has 6 heteroatoms. The molecule has 5 aromatic heterocycles. The Bertz CT molecular complexity index is 3080. The van der Waals surface area contributed by atoms with Gasteiger partial charge in [0.15, 0.2) is 0 Å². The van der Waals surface area contributed by atoms with Crippen molar-refractivity contribution < 1.29 is 0 Å². The molecule has 0 unspecified atom stereocenters. The average molecular weight is 618 g/mol. The van der Waals surface area contributed by atoms with Crippen LogP contribution in [0.2, 0.25) is 0 Å². The fraction of sp³-hybridized carbons (Fsp3) is 0. The van der Waals surface area contributed by atoms with E-state index in [1.807, 2.05) is 23.5 Å². The molecule has 5 heterocycles. The molecule has 218 valence electrons. The topological polar surface area (TPSA) is 48.0 Å². The van der Waals surface area contributed by atoms with E-state index in [-0.39, 0.29) is 0 Å². The van der Waals surface area contributed by atoms with Gasteiger partial charge in [0.1, 0.15) is 5.65 Å². The van der Waals surface area contributed by atoms with Crippen molar-refractivity contribution in [3.05, 3.63) is 140 Å². The highest BCUT2D eigenvalue weighted by Gasteiger charge is 2.23. The van der Waals surface area contributed by atoms with Gasteiger partial charge in [-0.2, -0.15) is 0 Å². The third-order valence-corrected chi connectivity index (χ3v) is 10.7. The normalized spacial score (nSPS) is 12.3. The van der Waals surface area contributed by atoms with Crippen molar-refractivity contribution in [1.82, 2.24) is 23.9 Å². The number of fused-ring (bicyclic) bond motifs is 15. The molecule has 11 aromatic rings. The highest BCUT2D eigenvalue weighted by molar-refractivity contribution is 7.27. The van der Waals surface area contributed by atoms with Crippen molar-refractivity contribution >= 4 is 91.8 Å². The van der Waals surface area contributed by atoms with Gasteiger partial charge in [-0.05, 0) is 36.4 Å². The fourth-order valence-electron chi connectivity index (χ4n) is 7.50. The Morgan fingerprint density at radius 1 is 0.447 bits per heavy atom. The summed E-state index contributed by atoms with van der Waals surface area (Å²) in [5.74, 6) is 0.669. The molecule has 0 N–H and O–H groups in total. The lowest BCUT2D eigenvalue weighted by Crippen LogP contribution is -2.03. The summed E-state index contributed by atoms with van der Waals surface area (Å²) in [4.78, 5) is 15.6. The molecule has 47 heavy (non-hydrogen) atoms. The molecule has 0 radical (unpaired) electrons. The summed E-state index contributed by atoms with van der Waals surface area (Å²) >= 11 is 1.87. The van der Waals surface area contributed by atoms with E-state index in [0.29, 0.717) is 5.95 Å². The number of hydrogen-bond acceptors (Lipinski definition) is 4. The first-order chi connectivity index (χ1) is 23.3. The zero-order valence-electron chi connectivity index (χ0n) is 24.9. The summed E-state index contributed by atoms with van der Waals surface area (Å²) in [6.07, 6.45) is 0. The van der Waals surface area contributed by atoms with E-state index in [2.05, 4.69) is 136 Å². The summed E-state index contributed by atoms with van der Waals surface area (Å²) in [6, 6.07) is 49.0. The van der Waals surface area contributed by atoms with Crippen LogP contribution in [0.3, 0.4) is 0 Å². The van der Waals surface area contributed by atoms with Crippen LogP contribution in [0.4, 0.5) is 0 Å². The van der Waals surface area contributed by atoms with Crippen LogP contribution < -0.4 is 0 Å². The molecule has 0 aliphatic heterocycles. The summed E-state index contributed by atoms with van der Waals surface area (Å²) in [7, 11) is 0. The van der Waals surface area contributed by atoms with E-state index in [0.717, 1.165) is 49.9 Å². The van der Waals surface area contributed by atoms with Gasteiger partial charge >= 0.3 is 0 Å². The number of rotatable bonds is 2. The van der Waals surface area contributed by atoms with Gasteiger partial charge in [0.05, 0.1) is 43.5 Å². The van der Waals surface area contributed by atoms with Crippen LogP contribution in [0.5, 0.6) is 0 Å². The minimum Gasteiger partial charge on any atom is -0.290 e. The van der Waals surface area contributed by atoms with Gasteiger partial charge in [0, 0.05) is 42.6 Å². The van der Waals surface area contributed by atoms with Crippen LogP contribution >= 0.6 is 11.3 Å². The summed E-state index contributed by atoms with van der Waals surface area (Å²) in [5.41, 5.74) is 9.44. The monoisotopic (exact) mass is 617 g/mol. The number of hydrogen-bond donors (Lipinski definition) is 0. The number of benzene rings is 6. The SMILES string of the molecule is c1ccc(-c2nc(-n3c4ccccc4c4c5sc6c7ccccc7c7nc8ccccc8n7c6c5ccc43)nc3ccccc23)cc1. The molecule has 5 nitrogen and oxygen atoms in total. The second-order valence-corrected chi connectivity index (χ2v) is 13.0. The van der Waals surface area contributed by atoms with Crippen LogP contribution in [-0.4, -0.2) is 23.9 Å². The number of aromatic nitrogens is 5. The lowest BCUT2D eigenvalue weighted by atomic mass is 10.1. The van der Waals surface area contributed by atoms with Crippen LogP contribution in [0, 0.1) is 0 Å². The number of nitrogens with zero attached hydrogens (tertiary/aromatic N) is 5. The minimum absolute atomic E-state index is 0.669. The van der Waals surface area contributed by atoms with Gasteiger partial charge in [0.2, 0.25) is 5.95 Å². The predicted octanol–water partition coefficient (Wildman–Crippen LogP) is 10.7. The minimum atomic E-state index is 0.669. The zero-order valence-corrected chi connectivity index (χ0v) is 25.7. The molecule has 11 rings (SSSR count).